The van der Waals surface area contributed by atoms with Gasteiger partial charge in [0.15, 0.2) is 11.3 Å². The zero-order chi connectivity index (χ0) is 18.1. The van der Waals surface area contributed by atoms with Crippen molar-refractivity contribution in [3.63, 3.8) is 0 Å². The molecule has 0 saturated carbocycles. The first-order chi connectivity index (χ1) is 11.2. The molecule has 7 nitrogen and oxygen atoms in total. The van der Waals surface area contributed by atoms with Crippen LogP contribution in [-0.4, -0.2) is 75.0 Å². The van der Waals surface area contributed by atoms with E-state index in [1.54, 1.807) is 20.8 Å². The van der Waals surface area contributed by atoms with Crippen molar-refractivity contribution in [1.82, 2.24) is 4.90 Å². The number of nitrogens with zero attached hydrogens (tertiary/aromatic N) is 2. The van der Waals surface area contributed by atoms with E-state index in [9.17, 15) is 19.4 Å². The van der Waals surface area contributed by atoms with Crippen LogP contribution in [0, 0.1) is 0 Å². The highest BCUT2D eigenvalue weighted by atomic mass is 32.2. The fourth-order valence-electron chi connectivity index (χ4n) is 2.34. The highest BCUT2D eigenvalue weighted by Crippen LogP contribution is 2.38. The molecule has 1 fully saturated rings. The molecule has 1 amide bonds. The van der Waals surface area contributed by atoms with Gasteiger partial charge in [-0.1, -0.05) is 17.8 Å². The summed E-state index contributed by atoms with van der Waals surface area (Å²) in [5.74, 6) is 0. The third-order valence-corrected chi connectivity index (χ3v) is 4.60. The molecule has 0 aromatic carbocycles. The van der Waals surface area contributed by atoms with Gasteiger partial charge in [0.05, 0.1) is 6.61 Å². The molecule has 2 aliphatic heterocycles. The minimum atomic E-state index is -1.69. The van der Waals surface area contributed by atoms with E-state index in [0.717, 1.165) is 11.8 Å². The Labute approximate surface area is 144 Å². The second-order valence-corrected chi connectivity index (χ2v) is 7.63. The monoisotopic (exact) mass is 362 g/mol. The van der Waals surface area contributed by atoms with Crippen molar-refractivity contribution in [2.45, 2.75) is 56.2 Å². The number of amides is 1. The molecule has 2 N–H and O–H groups in total. The van der Waals surface area contributed by atoms with Crippen LogP contribution in [0.4, 0.5) is 9.18 Å². The number of halogens is 1. The fourth-order valence-corrected chi connectivity index (χ4v) is 3.56. The molecule has 0 spiro atoms. The number of aliphatic hydroxyl groups is 2. The van der Waals surface area contributed by atoms with Crippen LogP contribution in [0.15, 0.2) is 17.6 Å². The van der Waals surface area contributed by atoms with Gasteiger partial charge in [-0.05, 0) is 20.8 Å². The summed E-state index contributed by atoms with van der Waals surface area (Å²) in [5.41, 5.74) is -1.41. The van der Waals surface area contributed by atoms with Gasteiger partial charge in [0.2, 0.25) is 0 Å². The van der Waals surface area contributed by atoms with Crippen molar-refractivity contribution in [2.24, 2.45) is 4.99 Å². The Morgan fingerprint density at radius 3 is 2.79 bits per heavy atom. The molecular formula is C15H23FN2O5S. The molecule has 24 heavy (non-hydrogen) atoms. The lowest BCUT2D eigenvalue weighted by atomic mass is 10.0. The molecule has 2 heterocycles. The van der Waals surface area contributed by atoms with Gasteiger partial charge in [-0.25, -0.2) is 9.18 Å². The van der Waals surface area contributed by atoms with Gasteiger partial charge in [-0.2, -0.15) is 0 Å². The number of fused-ring (bicyclic) bond motifs is 1. The van der Waals surface area contributed by atoms with Crippen LogP contribution >= 0.6 is 11.8 Å². The number of hydrogen-bond donors (Lipinski definition) is 2. The Bertz CT molecular complexity index is 524. The van der Waals surface area contributed by atoms with Crippen molar-refractivity contribution in [3.8, 4) is 0 Å². The van der Waals surface area contributed by atoms with Gasteiger partial charge in [-0.15, -0.1) is 6.58 Å². The number of aliphatic imine (C=N–C) groups is 1. The molecule has 0 bridgehead atoms. The van der Waals surface area contributed by atoms with E-state index >= 15 is 0 Å². The second-order valence-electron chi connectivity index (χ2n) is 6.56. The summed E-state index contributed by atoms with van der Waals surface area (Å²) in [6.07, 6.45) is -3.28. The number of carbonyl (C=O) groups is 1. The summed E-state index contributed by atoms with van der Waals surface area (Å²) in [7, 11) is 0. The number of rotatable bonds is 3. The van der Waals surface area contributed by atoms with E-state index in [4.69, 9.17) is 9.47 Å². The SMILES string of the molecule is C=CCN(C(=O)OC(C)(C)C)C1=N[C@@H]2[C@@H](F)[C@H](O)[C@@H](CO)O[C@@H]2S1. The Morgan fingerprint density at radius 1 is 1.58 bits per heavy atom. The van der Waals surface area contributed by atoms with Crippen LogP contribution in [0.25, 0.3) is 0 Å². The van der Waals surface area contributed by atoms with Crippen molar-refractivity contribution < 1.29 is 28.9 Å². The predicted molar refractivity (Wildman–Crippen MR) is 88.6 cm³/mol. The first-order valence-electron chi connectivity index (χ1n) is 7.62. The summed E-state index contributed by atoms with van der Waals surface area (Å²) in [4.78, 5) is 17.8. The topological polar surface area (TPSA) is 91.6 Å². The van der Waals surface area contributed by atoms with E-state index in [0.29, 0.717) is 0 Å². The van der Waals surface area contributed by atoms with Crippen LogP contribution in [0.3, 0.4) is 0 Å². The van der Waals surface area contributed by atoms with Gasteiger partial charge in [0.1, 0.15) is 29.3 Å². The lowest BCUT2D eigenvalue weighted by Gasteiger charge is -2.36. The maximum absolute atomic E-state index is 14.3. The summed E-state index contributed by atoms with van der Waals surface area (Å²) in [6, 6.07) is -0.947. The number of amidine groups is 1. The van der Waals surface area contributed by atoms with Crippen molar-refractivity contribution in [3.05, 3.63) is 12.7 Å². The van der Waals surface area contributed by atoms with Crippen LogP contribution in [0.5, 0.6) is 0 Å². The maximum Gasteiger partial charge on any atom is 0.416 e. The van der Waals surface area contributed by atoms with Crippen LogP contribution in [0.1, 0.15) is 20.8 Å². The van der Waals surface area contributed by atoms with Crippen molar-refractivity contribution in [1.29, 1.82) is 0 Å². The molecule has 2 rings (SSSR count). The zero-order valence-electron chi connectivity index (χ0n) is 13.9. The molecule has 0 aromatic heterocycles. The molecule has 0 aromatic rings. The van der Waals surface area contributed by atoms with E-state index in [2.05, 4.69) is 11.6 Å². The first-order valence-corrected chi connectivity index (χ1v) is 8.50. The lowest BCUT2D eigenvalue weighted by Crippen LogP contribution is -2.53. The molecule has 1 saturated heterocycles. The third kappa shape index (κ3) is 4.08. The molecule has 2 aliphatic rings. The molecule has 136 valence electrons. The largest absolute Gasteiger partial charge is 0.443 e. The number of hydrogen-bond acceptors (Lipinski definition) is 7. The molecule has 9 heteroatoms. The van der Waals surface area contributed by atoms with Crippen molar-refractivity contribution >= 4 is 23.0 Å². The minimum absolute atomic E-state index is 0.142. The predicted octanol–water partition coefficient (Wildman–Crippen LogP) is 1.30. The average molecular weight is 362 g/mol. The summed E-state index contributed by atoms with van der Waals surface area (Å²) < 4.78 is 25.2. The first kappa shape index (κ1) is 19.2. The van der Waals surface area contributed by atoms with Crippen LogP contribution < -0.4 is 0 Å². The Morgan fingerprint density at radius 2 is 2.25 bits per heavy atom. The molecule has 5 atom stereocenters. The molecule has 0 unspecified atom stereocenters. The number of ether oxygens (including phenoxy) is 2. The maximum atomic E-state index is 14.3. The zero-order valence-corrected chi connectivity index (χ0v) is 14.7. The third-order valence-electron chi connectivity index (χ3n) is 3.44. The summed E-state index contributed by atoms with van der Waals surface area (Å²) in [6.45, 7) is 8.46. The van der Waals surface area contributed by atoms with E-state index < -0.39 is 48.2 Å². The number of thioether (sulfide) groups is 1. The molecule has 0 aliphatic carbocycles. The van der Waals surface area contributed by atoms with Crippen LogP contribution in [-0.2, 0) is 9.47 Å². The van der Waals surface area contributed by atoms with E-state index in [-0.39, 0.29) is 11.7 Å². The summed E-state index contributed by atoms with van der Waals surface area (Å²) >= 11 is 1.06. The number of alkyl halides is 1. The summed E-state index contributed by atoms with van der Waals surface area (Å²) in [5, 5.41) is 19.2. The molecule has 0 radical (unpaired) electrons. The van der Waals surface area contributed by atoms with Gasteiger partial charge >= 0.3 is 6.09 Å². The standard InChI is InChI=1S/C15H23FN2O5S/c1-5-6-18(14(21)23-15(2,3)4)13-17-10-9(16)11(20)8(7-19)22-12(10)24-13/h5,8-12,19-20H,1,6-7H2,2-4H3/t8-,9-,10-,11-,12-/m1/s1. The second kappa shape index (κ2) is 7.38. The van der Waals surface area contributed by atoms with Gasteiger partial charge in [-0.3, -0.25) is 9.89 Å². The van der Waals surface area contributed by atoms with Crippen molar-refractivity contribution in [2.75, 3.05) is 13.2 Å². The molecular weight excluding hydrogens is 339 g/mol. The van der Waals surface area contributed by atoms with E-state index in [1.807, 2.05) is 0 Å². The van der Waals surface area contributed by atoms with Gasteiger partial charge < -0.3 is 19.7 Å². The number of aliphatic hydroxyl groups excluding tert-OH is 2. The van der Waals surface area contributed by atoms with E-state index in [1.165, 1.54) is 11.0 Å². The van der Waals surface area contributed by atoms with Gasteiger partial charge in [0.25, 0.3) is 0 Å². The lowest BCUT2D eigenvalue weighted by molar-refractivity contribution is -0.144. The smallest absolute Gasteiger partial charge is 0.416 e. The average Bonchev–Trinajstić information content (AvgIpc) is 2.90. The highest BCUT2D eigenvalue weighted by Gasteiger charge is 2.50. The van der Waals surface area contributed by atoms with Gasteiger partial charge in [0, 0.05) is 6.54 Å². The minimum Gasteiger partial charge on any atom is -0.443 e. The Hall–Kier alpha value is -1.16. The quantitative estimate of drug-likeness (QED) is 0.736. The Balaban J connectivity index is 2.18. The normalized spacial score (nSPS) is 32.8. The van der Waals surface area contributed by atoms with Crippen LogP contribution in [0.2, 0.25) is 0 Å². The number of carbonyl (C=O) groups excluding carboxylic acids is 1. The Kier molecular flexibility index (Phi) is 5.90. The highest BCUT2D eigenvalue weighted by molar-refractivity contribution is 8.14. The fraction of sp³-hybridized carbons (Fsp3) is 0.733.